The van der Waals surface area contributed by atoms with Crippen LogP contribution in [0.15, 0.2) is 28.8 Å². The maximum Gasteiger partial charge on any atom is 0.338 e. The van der Waals surface area contributed by atoms with Gasteiger partial charge in [-0.25, -0.2) is 9.59 Å². The van der Waals surface area contributed by atoms with Crippen LogP contribution in [0.1, 0.15) is 53.1 Å². The number of amides is 3. The van der Waals surface area contributed by atoms with Crippen LogP contribution < -0.4 is 15.4 Å². The summed E-state index contributed by atoms with van der Waals surface area (Å²) in [6, 6.07) is 5.94. The number of urea groups is 1. The second-order valence-electron chi connectivity index (χ2n) is 7.20. The molecule has 1 fully saturated rings. The molecule has 0 atom stereocenters. The van der Waals surface area contributed by atoms with Gasteiger partial charge >= 0.3 is 12.0 Å². The molecule has 3 rings (SSSR count). The number of esters is 1. The van der Waals surface area contributed by atoms with E-state index in [0.29, 0.717) is 11.5 Å². The topological polar surface area (TPSA) is 120 Å². The van der Waals surface area contributed by atoms with E-state index in [0.717, 1.165) is 36.9 Å². The van der Waals surface area contributed by atoms with Crippen molar-refractivity contribution >= 4 is 17.9 Å². The summed E-state index contributed by atoms with van der Waals surface area (Å²) >= 11 is 0. The van der Waals surface area contributed by atoms with Crippen LogP contribution in [0.3, 0.4) is 0 Å². The normalized spacial score (nSPS) is 13.7. The molecule has 9 heteroatoms. The Bertz CT molecular complexity index is 898. The number of imide groups is 1. The van der Waals surface area contributed by atoms with E-state index in [-0.39, 0.29) is 18.2 Å². The molecule has 0 bridgehead atoms. The maximum absolute atomic E-state index is 12.2. The molecule has 1 heterocycles. The van der Waals surface area contributed by atoms with Gasteiger partial charge in [-0.3, -0.25) is 10.1 Å². The Labute approximate surface area is 174 Å². The number of aromatic nitrogens is 1. The third-order valence-corrected chi connectivity index (χ3v) is 4.91. The minimum atomic E-state index is -0.691. The SMILES string of the molecule is Cc1noc(C)c1COc1cccc(C(=O)OCC(=O)NC(=O)NC2CCCC2)c1. The Kier molecular flexibility index (Phi) is 7.05. The molecule has 30 heavy (non-hydrogen) atoms. The molecule has 0 unspecified atom stereocenters. The number of benzene rings is 1. The number of rotatable bonds is 7. The zero-order chi connectivity index (χ0) is 21.5. The second kappa shape index (κ2) is 9.91. The number of ether oxygens (including phenoxy) is 2. The first-order chi connectivity index (χ1) is 14.4. The van der Waals surface area contributed by atoms with Crippen LogP contribution in [-0.4, -0.2) is 35.7 Å². The first kappa shape index (κ1) is 21.4. The number of carbonyl (C=O) groups excluding carboxylic acids is 3. The summed E-state index contributed by atoms with van der Waals surface area (Å²) in [5, 5.41) is 8.77. The van der Waals surface area contributed by atoms with Gasteiger partial charge in [-0.15, -0.1) is 0 Å². The third kappa shape index (κ3) is 5.82. The lowest BCUT2D eigenvalue weighted by Gasteiger charge is -2.12. The zero-order valence-corrected chi connectivity index (χ0v) is 17.0. The van der Waals surface area contributed by atoms with Gasteiger partial charge in [0.1, 0.15) is 18.1 Å². The van der Waals surface area contributed by atoms with Gasteiger partial charge in [0, 0.05) is 6.04 Å². The lowest BCUT2D eigenvalue weighted by molar-refractivity contribution is -0.123. The van der Waals surface area contributed by atoms with Gasteiger partial charge in [0.25, 0.3) is 5.91 Å². The van der Waals surface area contributed by atoms with E-state index in [1.807, 2.05) is 6.92 Å². The predicted molar refractivity (Wildman–Crippen MR) is 106 cm³/mol. The van der Waals surface area contributed by atoms with E-state index in [4.69, 9.17) is 14.0 Å². The van der Waals surface area contributed by atoms with Gasteiger partial charge < -0.3 is 19.3 Å². The minimum absolute atomic E-state index is 0.0912. The average molecular weight is 415 g/mol. The van der Waals surface area contributed by atoms with E-state index in [1.54, 1.807) is 25.1 Å². The fraction of sp³-hybridized carbons (Fsp3) is 0.429. The van der Waals surface area contributed by atoms with Crippen LogP contribution in [0.5, 0.6) is 5.75 Å². The van der Waals surface area contributed by atoms with E-state index >= 15 is 0 Å². The van der Waals surface area contributed by atoms with Crippen LogP contribution in [0.4, 0.5) is 4.79 Å². The highest BCUT2D eigenvalue weighted by Crippen LogP contribution is 2.19. The highest BCUT2D eigenvalue weighted by atomic mass is 16.5. The first-order valence-corrected chi connectivity index (χ1v) is 9.84. The van der Waals surface area contributed by atoms with Crippen molar-refractivity contribution in [2.24, 2.45) is 0 Å². The molecule has 3 amide bonds. The Morgan fingerprint density at radius 1 is 1.20 bits per heavy atom. The van der Waals surface area contributed by atoms with Crippen molar-refractivity contribution in [3.63, 3.8) is 0 Å². The summed E-state index contributed by atoms with van der Waals surface area (Å²) in [4.78, 5) is 35.8. The van der Waals surface area contributed by atoms with Gasteiger partial charge in [0.2, 0.25) is 0 Å². The average Bonchev–Trinajstić information content (AvgIpc) is 3.34. The summed E-state index contributed by atoms with van der Waals surface area (Å²) in [5.74, 6) is -0.246. The van der Waals surface area contributed by atoms with Crippen molar-refractivity contribution in [1.29, 1.82) is 0 Å². The summed E-state index contributed by atoms with van der Waals surface area (Å²) in [6.45, 7) is 3.31. The largest absolute Gasteiger partial charge is 0.489 e. The van der Waals surface area contributed by atoms with Crippen molar-refractivity contribution < 1.29 is 28.4 Å². The third-order valence-electron chi connectivity index (χ3n) is 4.91. The van der Waals surface area contributed by atoms with Crippen LogP contribution >= 0.6 is 0 Å². The smallest absolute Gasteiger partial charge is 0.338 e. The quantitative estimate of drug-likeness (QED) is 0.667. The molecule has 160 valence electrons. The number of aryl methyl sites for hydroxylation is 2. The molecule has 0 saturated heterocycles. The number of nitrogens with zero attached hydrogens (tertiary/aromatic N) is 1. The lowest BCUT2D eigenvalue weighted by Crippen LogP contribution is -2.44. The summed E-state index contributed by atoms with van der Waals surface area (Å²) in [6.07, 6.45) is 3.95. The number of nitrogens with one attached hydrogen (secondary N) is 2. The number of hydrogen-bond acceptors (Lipinski definition) is 7. The predicted octanol–water partition coefficient (Wildman–Crippen LogP) is 2.80. The molecule has 1 aliphatic carbocycles. The van der Waals surface area contributed by atoms with E-state index < -0.39 is 24.5 Å². The summed E-state index contributed by atoms with van der Waals surface area (Å²) in [7, 11) is 0. The molecule has 1 aliphatic rings. The van der Waals surface area contributed by atoms with Gasteiger partial charge in [-0.2, -0.15) is 0 Å². The molecular weight excluding hydrogens is 390 g/mol. The molecule has 2 aromatic rings. The molecule has 0 radical (unpaired) electrons. The number of carbonyl (C=O) groups is 3. The van der Waals surface area contributed by atoms with Crippen molar-refractivity contribution in [2.45, 2.75) is 52.2 Å². The van der Waals surface area contributed by atoms with Crippen LogP contribution in [0, 0.1) is 13.8 Å². The molecule has 1 aromatic heterocycles. The second-order valence-corrected chi connectivity index (χ2v) is 7.20. The van der Waals surface area contributed by atoms with Crippen LogP contribution in [-0.2, 0) is 16.1 Å². The van der Waals surface area contributed by atoms with Crippen molar-refractivity contribution in [3.05, 3.63) is 46.8 Å². The van der Waals surface area contributed by atoms with E-state index in [9.17, 15) is 14.4 Å². The van der Waals surface area contributed by atoms with Gasteiger partial charge in [-0.05, 0) is 44.9 Å². The highest BCUT2D eigenvalue weighted by Gasteiger charge is 2.19. The number of hydrogen-bond donors (Lipinski definition) is 2. The molecular formula is C21H25N3O6. The Morgan fingerprint density at radius 3 is 2.67 bits per heavy atom. The van der Waals surface area contributed by atoms with Crippen molar-refractivity contribution in [3.8, 4) is 5.75 Å². The molecule has 2 N–H and O–H groups in total. The highest BCUT2D eigenvalue weighted by molar-refractivity contribution is 5.97. The summed E-state index contributed by atoms with van der Waals surface area (Å²) < 4.78 is 15.8. The molecule has 0 aliphatic heterocycles. The Hall–Kier alpha value is -3.36. The van der Waals surface area contributed by atoms with Gasteiger partial charge in [0.15, 0.2) is 6.61 Å². The first-order valence-electron chi connectivity index (χ1n) is 9.84. The molecule has 0 spiro atoms. The standard InChI is InChI=1S/C21H25N3O6/c1-13-18(14(2)30-24-13)11-28-17-9-5-6-15(10-17)20(26)29-12-19(25)23-21(27)22-16-7-3-4-8-16/h5-6,9-10,16H,3-4,7-8,11-12H2,1-2H3,(H2,22,23,25,27). The monoisotopic (exact) mass is 415 g/mol. The Morgan fingerprint density at radius 2 is 1.97 bits per heavy atom. The maximum atomic E-state index is 12.2. The Balaban J connectivity index is 1.46. The van der Waals surface area contributed by atoms with Gasteiger partial charge in [0.05, 0.1) is 16.8 Å². The van der Waals surface area contributed by atoms with Crippen LogP contribution in [0.25, 0.3) is 0 Å². The minimum Gasteiger partial charge on any atom is -0.489 e. The zero-order valence-electron chi connectivity index (χ0n) is 17.0. The van der Waals surface area contributed by atoms with E-state index in [1.165, 1.54) is 6.07 Å². The van der Waals surface area contributed by atoms with Crippen molar-refractivity contribution in [1.82, 2.24) is 15.8 Å². The molecule has 9 nitrogen and oxygen atoms in total. The molecule has 1 aromatic carbocycles. The lowest BCUT2D eigenvalue weighted by atomic mass is 10.2. The summed E-state index contributed by atoms with van der Waals surface area (Å²) in [5.41, 5.74) is 1.82. The van der Waals surface area contributed by atoms with Gasteiger partial charge in [-0.1, -0.05) is 24.1 Å². The fourth-order valence-corrected chi connectivity index (χ4v) is 3.25. The van der Waals surface area contributed by atoms with Crippen molar-refractivity contribution in [2.75, 3.05) is 6.61 Å². The molecule has 1 saturated carbocycles. The van der Waals surface area contributed by atoms with E-state index in [2.05, 4.69) is 15.8 Å². The fourth-order valence-electron chi connectivity index (χ4n) is 3.25. The van der Waals surface area contributed by atoms with Crippen LogP contribution in [0.2, 0.25) is 0 Å².